The number of aromatic nitrogens is 5. The zero-order chi connectivity index (χ0) is 19.0. The maximum absolute atomic E-state index is 13.2. The standard InChI is InChI=1S/C18H22N6O2S/c1-11-15(27-12(2)20-11)18(25)24-8-6-4-5-7-14(24)16-21-17(26-22-16)13-9-19-23(3)10-13/h9-10,14H,4-8H2,1-3H3. The number of nitrogens with zero attached hydrogens (tertiary/aromatic N) is 6. The van der Waals surface area contributed by atoms with Gasteiger partial charge < -0.3 is 9.42 Å². The van der Waals surface area contributed by atoms with Crippen LogP contribution in [0.2, 0.25) is 0 Å². The fourth-order valence-electron chi connectivity index (χ4n) is 3.50. The SMILES string of the molecule is Cc1nc(C)c(C(=O)N2CCCCCC2c2noc(-c3cnn(C)c3)n2)s1. The summed E-state index contributed by atoms with van der Waals surface area (Å²) in [7, 11) is 1.84. The molecule has 4 heterocycles. The molecule has 0 aliphatic carbocycles. The molecule has 4 rings (SSSR count). The van der Waals surface area contributed by atoms with Crippen molar-refractivity contribution in [1.82, 2.24) is 29.8 Å². The van der Waals surface area contributed by atoms with E-state index in [9.17, 15) is 4.79 Å². The lowest BCUT2D eigenvalue weighted by Gasteiger charge is -2.27. The van der Waals surface area contributed by atoms with Crippen LogP contribution < -0.4 is 0 Å². The van der Waals surface area contributed by atoms with Gasteiger partial charge in [0.25, 0.3) is 11.8 Å². The lowest BCUT2D eigenvalue weighted by atomic mass is 10.1. The molecular formula is C18H22N6O2S. The Balaban J connectivity index is 1.65. The molecule has 1 aliphatic heterocycles. The Morgan fingerprint density at radius 3 is 2.81 bits per heavy atom. The Morgan fingerprint density at radius 1 is 1.26 bits per heavy atom. The van der Waals surface area contributed by atoms with E-state index in [0.29, 0.717) is 23.1 Å². The van der Waals surface area contributed by atoms with E-state index in [1.165, 1.54) is 11.3 Å². The summed E-state index contributed by atoms with van der Waals surface area (Å²) in [5.41, 5.74) is 1.56. The summed E-state index contributed by atoms with van der Waals surface area (Å²) in [6.45, 7) is 4.50. The molecule has 27 heavy (non-hydrogen) atoms. The van der Waals surface area contributed by atoms with Crippen molar-refractivity contribution in [1.29, 1.82) is 0 Å². The largest absolute Gasteiger partial charge is 0.334 e. The van der Waals surface area contributed by atoms with Gasteiger partial charge in [-0.3, -0.25) is 9.48 Å². The van der Waals surface area contributed by atoms with Crippen LogP contribution >= 0.6 is 11.3 Å². The molecule has 0 aromatic carbocycles. The van der Waals surface area contributed by atoms with Crippen LogP contribution in [-0.2, 0) is 7.05 Å². The third-order valence-electron chi connectivity index (χ3n) is 4.80. The molecule has 8 nitrogen and oxygen atoms in total. The van der Waals surface area contributed by atoms with Crippen molar-refractivity contribution in [2.24, 2.45) is 7.05 Å². The van der Waals surface area contributed by atoms with Crippen molar-refractivity contribution in [3.8, 4) is 11.5 Å². The number of hydrogen-bond donors (Lipinski definition) is 0. The molecule has 0 spiro atoms. The molecule has 0 radical (unpaired) electrons. The van der Waals surface area contributed by atoms with Crippen molar-refractivity contribution < 1.29 is 9.32 Å². The summed E-state index contributed by atoms with van der Waals surface area (Å²) in [5, 5.41) is 9.24. The van der Waals surface area contributed by atoms with Gasteiger partial charge in [0.05, 0.1) is 28.5 Å². The van der Waals surface area contributed by atoms with Crippen LogP contribution in [0.5, 0.6) is 0 Å². The van der Waals surface area contributed by atoms with Gasteiger partial charge in [-0.05, 0) is 26.7 Å². The van der Waals surface area contributed by atoms with Gasteiger partial charge in [-0.15, -0.1) is 11.3 Å². The Hall–Kier alpha value is -2.55. The third kappa shape index (κ3) is 3.51. The van der Waals surface area contributed by atoms with Crippen LogP contribution in [0.3, 0.4) is 0 Å². The number of thiazole rings is 1. The second kappa shape index (κ2) is 7.22. The molecular weight excluding hydrogens is 364 g/mol. The van der Waals surface area contributed by atoms with Crippen LogP contribution in [0.4, 0.5) is 0 Å². The Morgan fingerprint density at radius 2 is 2.11 bits per heavy atom. The Bertz CT molecular complexity index is 959. The predicted octanol–water partition coefficient (Wildman–Crippen LogP) is 3.30. The first kappa shape index (κ1) is 17.8. The highest BCUT2D eigenvalue weighted by Gasteiger charge is 2.32. The van der Waals surface area contributed by atoms with Crippen molar-refractivity contribution in [2.45, 2.75) is 45.6 Å². The topological polar surface area (TPSA) is 89.9 Å². The van der Waals surface area contributed by atoms with Crippen molar-refractivity contribution >= 4 is 17.2 Å². The summed E-state index contributed by atoms with van der Waals surface area (Å²) < 4.78 is 7.15. The first-order chi connectivity index (χ1) is 13.0. The number of carbonyl (C=O) groups is 1. The highest BCUT2D eigenvalue weighted by atomic mass is 32.1. The average molecular weight is 386 g/mol. The highest BCUT2D eigenvalue weighted by molar-refractivity contribution is 7.13. The number of likely N-dealkylation sites (tertiary alicyclic amines) is 1. The van der Waals surface area contributed by atoms with Crippen molar-refractivity contribution in [3.63, 3.8) is 0 Å². The average Bonchev–Trinajstić information content (AvgIpc) is 3.31. The van der Waals surface area contributed by atoms with Gasteiger partial charge in [-0.1, -0.05) is 18.0 Å². The predicted molar refractivity (Wildman–Crippen MR) is 100 cm³/mol. The molecule has 1 fully saturated rings. The molecule has 142 valence electrons. The monoisotopic (exact) mass is 386 g/mol. The molecule has 1 amide bonds. The molecule has 1 atom stereocenters. The lowest BCUT2D eigenvalue weighted by molar-refractivity contribution is 0.0674. The van der Waals surface area contributed by atoms with Gasteiger partial charge in [-0.2, -0.15) is 10.1 Å². The summed E-state index contributed by atoms with van der Waals surface area (Å²) in [6, 6.07) is -0.184. The number of aryl methyl sites for hydroxylation is 3. The van der Waals surface area contributed by atoms with Gasteiger partial charge in [0.2, 0.25) is 0 Å². The van der Waals surface area contributed by atoms with Crippen LogP contribution in [0, 0.1) is 13.8 Å². The minimum atomic E-state index is -0.184. The van der Waals surface area contributed by atoms with E-state index in [0.717, 1.165) is 41.9 Å². The van der Waals surface area contributed by atoms with Gasteiger partial charge in [0, 0.05) is 19.8 Å². The smallest absolute Gasteiger partial charge is 0.266 e. The minimum Gasteiger partial charge on any atom is -0.334 e. The maximum atomic E-state index is 13.2. The molecule has 1 unspecified atom stereocenters. The fourth-order valence-corrected chi connectivity index (χ4v) is 4.38. The maximum Gasteiger partial charge on any atom is 0.266 e. The zero-order valence-corrected chi connectivity index (χ0v) is 16.5. The number of rotatable bonds is 3. The van der Waals surface area contributed by atoms with Crippen LogP contribution in [0.15, 0.2) is 16.9 Å². The van der Waals surface area contributed by atoms with Crippen molar-refractivity contribution in [2.75, 3.05) is 6.54 Å². The Labute approximate surface area is 161 Å². The molecule has 1 aliphatic rings. The lowest BCUT2D eigenvalue weighted by Crippen LogP contribution is -2.35. The molecule has 9 heteroatoms. The van der Waals surface area contributed by atoms with Crippen LogP contribution in [0.25, 0.3) is 11.5 Å². The number of amides is 1. The molecule has 3 aromatic heterocycles. The highest BCUT2D eigenvalue weighted by Crippen LogP contribution is 2.32. The van der Waals surface area contributed by atoms with E-state index in [2.05, 4.69) is 20.2 Å². The van der Waals surface area contributed by atoms with Crippen LogP contribution in [-0.4, -0.2) is 42.3 Å². The molecule has 3 aromatic rings. The zero-order valence-electron chi connectivity index (χ0n) is 15.7. The van der Waals surface area contributed by atoms with E-state index < -0.39 is 0 Å². The fraction of sp³-hybridized carbons (Fsp3) is 0.500. The van der Waals surface area contributed by atoms with Gasteiger partial charge in [0.1, 0.15) is 4.88 Å². The summed E-state index contributed by atoms with van der Waals surface area (Å²) in [4.78, 5) is 24.8. The van der Waals surface area contributed by atoms with Gasteiger partial charge in [0.15, 0.2) is 5.82 Å². The van der Waals surface area contributed by atoms with E-state index in [4.69, 9.17) is 4.52 Å². The van der Waals surface area contributed by atoms with Gasteiger partial charge in [-0.25, -0.2) is 4.98 Å². The van der Waals surface area contributed by atoms with Gasteiger partial charge >= 0.3 is 0 Å². The van der Waals surface area contributed by atoms with Crippen LogP contribution in [0.1, 0.15) is 57.9 Å². The number of hydrogen-bond acceptors (Lipinski definition) is 7. The second-order valence-electron chi connectivity index (χ2n) is 6.87. The minimum absolute atomic E-state index is 0.0118. The summed E-state index contributed by atoms with van der Waals surface area (Å²) >= 11 is 1.45. The summed E-state index contributed by atoms with van der Waals surface area (Å²) in [5.74, 6) is 1.00. The quantitative estimate of drug-likeness (QED) is 0.686. The molecule has 0 bridgehead atoms. The third-order valence-corrected chi connectivity index (χ3v) is 5.86. The van der Waals surface area contributed by atoms with E-state index >= 15 is 0 Å². The second-order valence-corrected chi connectivity index (χ2v) is 8.07. The Kier molecular flexibility index (Phi) is 4.77. The van der Waals surface area contributed by atoms with E-state index in [-0.39, 0.29) is 11.9 Å². The number of carbonyl (C=O) groups excluding carboxylic acids is 1. The first-order valence-corrected chi connectivity index (χ1v) is 9.92. The molecule has 1 saturated heterocycles. The first-order valence-electron chi connectivity index (χ1n) is 9.10. The molecule has 0 saturated carbocycles. The van der Waals surface area contributed by atoms with E-state index in [1.54, 1.807) is 10.9 Å². The molecule has 0 N–H and O–H groups in total. The normalized spacial score (nSPS) is 17.9. The van der Waals surface area contributed by atoms with Crippen molar-refractivity contribution in [3.05, 3.63) is 33.8 Å². The summed E-state index contributed by atoms with van der Waals surface area (Å²) in [6.07, 6.45) is 7.45. The van der Waals surface area contributed by atoms with E-state index in [1.807, 2.05) is 32.0 Å².